The van der Waals surface area contributed by atoms with Crippen LogP contribution in [0.25, 0.3) is 0 Å². The lowest BCUT2D eigenvalue weighted by Crippen LogP contribution is -2.23. The van der Waals surface area contributed by atoms with Gasteiger partial charge in [-0.1, -0.05) is 6.07 Å². The Kier molecular flexibility index (Phi) is 4.63. The van der Waals surface area contributed by atoms with Crippen molar-refractivity contribution in [2.24, 2.45) is 0 Å². The first-order valence-corrected chi connectivity index (χ1v) is 7.21. The van der Waals surface area contributed by atoms with Crippen LogP contribution in [0.3, 0.4) is 0 Å². The van der Waals surface area contributed by atoms with Gasteiger partial charge in [0.05, 0.1) is 24.7 Å². The molecule has 0 atom stereocenters. The highest BCUT2D eigenvalue weighted by atomic mass is 16.3. The van der Waals surface area contributed by atoms with E-state index in [1.54, 1.807) is 30.9 Å². The van der Waals surface area contributed by atoms with Gasteiger partial charge >= 0.3 is 0 Å². The molecule has 0 aliphatic rings. The van der Waals surface area contributed by atoms with Crippen molar-refractivity contribution in [3.05, 3.63) is 78.3 Å². The molecule has 0 spiro atoms. The lowest BCUT2D eigenvalue weighted by Gasteiger charge is -2.06. The van der Waals surface area contributed by atoms with Crippen molar-refractivity contribution < 1.29 is 9.21 Å². The third-order valence-electron chi connectivity index (χ3n) is 3.22. The van der Waals surface area contributed by atoms with E-state index in [1.807, 2.05) is 30.3 Å². The van der Waals surface area contributed by atoms with Gasteiger partial charge in [0, 0.05) is 18.9 Å². The molecule has 116 valence electrons. The Balaban J connectivity index is 1.53. The number of amides is 1. The average Bonchev–Trinajstić information content (AvgIpc) is 3.13. The van der Waals surface area contributed by atoms with E-state index < -0.39 is 0 Å². The van der Waals surface area contributed by atoms with E-state index in [2.05, 4.69) is 20.6 Å². The molecule has 3 heterocycles. The molecular formula is C17H16N4O2. The van der Waals surface area contributed by atoms with Crippen molar-refractivity contribution >= 4 is 11.6 Å². The highest BCUT2D eigenvalue weighted by Crippen LogP contribution is 2.09. The minimum atomic E-state index is -0.216. The zero-order chi connectivity index (χ0) is 15.9. The van der Waals surface area contributed by atoms with E-state index in [0.29, 0.717) is 18.8 Å². The summed E-state index contributed by atoms with van der Waals surface area (Å²) in [5.74, 6) is 0.620. The minimum Gasteiger partial charge on any atom is -0.467 e. The fraction of sp³-hybridized carbons (Fsp3) is 0.118. The van der Waals surface area contributed by atoms with Crippen LogP contribution >= 0.6 is 0 Å². The van der Waals surface area contributed by atoms with Crippen molar-refractivity contribution in [2.75, 3.05) is 5.32 Å². The molecule has 6 heteroatoms. The smallest absolute Gasteiger partial charge is 0.270 e. The Labute approximate surface area is 133 Å². The van der Waals surface area contributed by atoms with Crippen LogP contribution in [0.5, 0.6) is 0 Å². The molecule has 23 heavy (non-hydrogen) atoms. The predicted octanol–water partition coefficient (Wildman–Crippen LogP) is 2.61. The zero-order valence-corrected chi connectivity index (χ0v) is 12.4. The molecule has 0 bridgehead atoms. The van der Waals surface area contributed by atoms with Crippen LogP contribution in [-0.4, -0.2) is 15.9 Å². The second kappa shape index (κ2) is 7.22. The fourth-order valence-electron chi connectivity index (χ4n) is 2.01. The van der Waals surface area contributed by atoms with Crippen LogP contribution < -0.4 is 10.6 Å². The van der Waals surface area contributed by atoms with Crippen molar-refractivity contribution in [1.29, 1.82) is 0 Å². The number of carbonyl (C=O) groups excluding carboxylic acids is 1. The summed E-state index contributed by atoms with van der Waals surface area (Å²) in [5, 5.41) is 5.99. The molecule has 1 amide bonds. The van der Waals surface area contributed by atoms with Gasteiger partial charge in [-0.15, -0.1) is 0 Å². The third-order valence-corrected chi connectivity index (χ3v) is 3.22. The van der Waals surface area contributed by atoms with Gasteiger partial charge in [0.15, 0.2) is 0 Å². The number of anilines is 1. The van der Waals surface area contributed by atoms with Gasteiger partial charge in [0.1, 0.15) is 11.5 Å². The summed E-state index contributed by atoms with van der Waals surface area (Å²) < 4.78 is 5.24. The lowest BCUT2D eigenvalue weighted by molar-refractivity contribution is 0.0946. The summed E-state index contributed by atoms with van der Waals surface area (Å²) >= 11 is 0. The summed E-state index contributed by atoms with van der Waals surface area (Å²) in [7, 11) is 0. The van der Waals surface area contributed by atoms with Crippen LogP contribution in [0.15, 0.2) is 65.7 Å². The van der Waals surface area contributed by atoms with Crippen LogP contribution in [-0.2, 0) is 13.1 Å². The quantitative estimate of drug-likeness (QED) is 0.731. The van der Waals surface area contributed by atoms with Gasteiger partial charge in [-0.25, -0.2) is 4.98 Å². The predicted molar refractivity (Wildman–Crippen MR) is 85.7 cm³/mol. The second-order valence-electron chi connectivity index (χ2n) is 4.91. The highest BCUT2D eigenvalue weighted by molar-refractivity contribution is 5.92. The lowest BCUT2D eigenvalue weighted by atomic mass is 10.2. The largest absolute Gasteiger partial charge is 0.467 e. The van der Waals surface area contributed by atoms with Crippen LogP contribution in [0.4, 0.5) is 5.69 Å². The Morgan fingerprint density at radius 2 is 2.04 bits per heavy atom. The molecule has 3 aromatic heterocycles. The first-order valence-electron chi connectivity index (χ1n) is 7.21. The van der Waals surface area contributed by atoms with Crippen molar-refractivity contribution in [2.45, 2.75) is 13.1 Å². The summed E-state index contributed by atoms with van der Waals surface area (Å²) in [5.41, 5.74) is 2.14. The van der Waals surface area contributed by atoms with Crippen LogP contribution in [0.2, 0.25) is 0 Å². The maximum absolute atomic E-state index is 12.0. The Hall–Kier alpha value is -3.15. The van der Waals surface area contributed by atoms with E-state index in [0.717, 1.165) is 17.0 Å². The fourth-order valence-corrected chi connectivity index (χ4v) is 2.01. The van der Waals surface area contributed by atoms with E-state index >= 15 is 0 Å². The maximum atomic E-state index is 12.0. The van der Waals surface area contributed by atoms with Crippen molar-refractivity contribution in [3.8, 4) is 0 Å². The SMILES string of the molecule is O=C(NCc1cccnc1)c1ccc(NCc2ccco2)cn1. The number of hydrogen-bond acceptors (Lipinski definition) is 5. The van der Waals surface area contributed by atoms with Crippen LogP contribution in [0.1, 0.15) is 21.8 Å². The standard InChI is InChI=1S/C17H16N4O2/c22-17(21-10-13-3-1-7-18-9-13)16-6-5-14(11-20-16)19-12-15-4-2-8-23-15/h1-9,11,19H,10,12H2,(H,21,22). The number of aromatic nitrogens is 2. The average molecular weight is 308 g/mol. The molecule has 0 saturated heterocycles. The van der Waals surface area contributed by atoms with Gasteiger partial charge in [-0.3, -0.25) is 9.78 Å². The molecule has 0 radical (unpaired) electrons. The number of hydrogen-bond donors (Lipinski definition) is 2. The molecular weight excluding hydrogens is 292 g/mol. The number of carbonyl (C=O) groups is 1. The van der Waals surface area contributed by atoms with Crippen molar-refractivity contribution in [1.82, 2.24) is 15.3 Å². The van der Waals surface area contributed by atoms with E-state index in [-0.39, 0.29) is 5.91 Å². The van der Waals surface area contributed by atoms with Gasteiger partial charge < -0.3 is 15.1 Å². The van der Waals surface area contributed by atoms with E-state index in [1.165, 1.54) is 0 Å². The molecule has 3 aromatic rings. The molecule has 6 nitrogen and oxygen atoms in total. The van der Waals surface area contributed by atoms with Crippen LogP contribution in [0, 0.1) is 0 Å². The molecule has 0 aliphatic carbocycles. The molecule has 0 fully saturated rings. The van der Waals surface area contributed by atoms with Gasteiger partial charge in [0.25, 0.3) is 5.91 Å². The van der Waals surface area contributed by atoms with Gasteiger partial charge in [0.2, 0.25) is 0 Å². The normalized spacial score (nSPS) is 10.3. The number of pyridine rings is 2. The molecule has 0 saturated carbocycles. The molecule has 0 aromatic carbocycles. The summed E-state index contributed by atoms with van der Waals surface area (Å²) in [6.07, 6.45) is 6.67. The number of furan rings is 1. The minimum absolute atomic E-state index is 0.216. The zero-order valence-electron chi connectivity index (χ0n) is 12.4. The molecule has 3 rings (SSSR count). The van der Waals surface area contributed by atoms with Gasteiger partial charge in [-0.05, 0) is 35.9 Å². The highest BCUT2D eigenvalue weighted by Gasteiger charge is 2.07. The Morgan fingerprint density at radius 1 is 1.09 bits per heavy atom. The molecule has 0 unspecified atom stereocenters. The summed E-state index contributed by atoms with van der Waals surface area (Å²) in [6, 6.07) is 11.0. The maximum Gasteiger partial charge on any atom is 0.270 e. The monoisotopic (exact) mass is 308 g/mol. The summed E-state index contributed by atoms with van der Waals surface area (Å²) in [4.78, 5) is 20.2. The Bertz CT molecular complexity index is 740. The molecule has 2 N–H and O–H groups in total. The number of nitrogens with one attached hydrogen (secondary N) is 2. The number of nitrogens with zero attached hydrogens (tertiary/aromatic N) is 2. The van der Waals surface area contributed by atoms with Gasteiger partial charge in [-0.2, -0.15) is 0 Å². The first kappa shape index (κ1) is 14.8. The van der Waals surface area contributed by atoms with E-state index in [4.69, 9.17) is 4.42 Å². The Morgan fingerprint density at radius 3 is 2.74 bits per heavy atom. The van der Waals surface area contributed by atoms with Crippen molar-refractivity contribution in [3.63, 3.8) is 0 Å². The topological polar surface area (TPSA) is 80.0 Å². The van der Waals surface area contributed by atoms with E-state index in [9.17, 15) is 4.79 Å². The first-order chi connectivity index (χ1) is 11.3. The molecule has 0 aliphatic heterocycles. The third kappa shape index (κ3) is 4.16. The number of rotatable bonds is 6. The second-order valence-corrected chi connectivity index (χ2v) is 4.91. The summed E-state index contributed by atoms with van der Waals surface area (Å²) in [6.45, 7) is 0.994.